The van der Waals surface area contributed by atoms with Gasteiger partial charge < -0.3 is 9.47 Å². The van der Waals surface area contributed by atoms with Gasteiger partial charge in [0, 0.05) is 12.5 Å². The van der Waals surface area contributed by atoms with Crippen molar-refractivity contribution in [3.05, 3.63) is 95.6 Å². The third-order valence-electron chi connectivity index (χ3n) is 4.80. The summed E-state index contributed by atoms with van der Waals surface area (Å²) < 4.78 is 12.0. The standard InChI is InChI=1S/C27H28O4/c1-21(28)15-25(29)14-8-13-24-16-26(30-19-22-9-4-2-5-10-22)18-27(17-24)31-20-23-11-6-3-7-12-23/h2-7,9-12,16-18H,8,13-15,19-20H2,1H3. The van der Waals surface area contributed by atoms with E-state index in [0.29, 0.717) is 32.5 Å². The lowest BCUT2D eigenvalue weighted by Crippen LogP contribution is -2.04. The van der Waals surface area contributed by atoms with Crippen molar-refractivity contribution < 1.29 is 19.1 Å². The Bertz CT molecular complexity index is 919. The summed E-state index contributed by atoms with van der Waals surface area (Å²) in [6.45, 7) is 2.39. The van der Waals surface area contributed by atoms with Crippen molar-refractivity contribution in [3.63, 3.8) is 0 Å². The lowest BCUT2D eigenvalue weighted by atomic mass is 10.0. The van der Waals surface area contributed by atoms with E-state index in [2.05, 4.69) is 0 Å². The molecule has 0 atom stereocenters. The summed E-state index contributed by atoms with van der Waals surface area (Å²) in [6, 6.07) is 25.9. The number of benzene rings is 3. The quantitative estimate of drug-likeness (QED) is 0.355. The summed E-state index contributed by atoms with van der Waals surface area (Å²) in [6.07, 6.45) is 1.82. The maximum Gasteiger partial charge on any atom is 0.140 e. The first-order valence-corrected chi connectivity index (χ1v) is 10.6. The number of carbonyl (C=O) groups is 2. The van der Waals surface area contributed by atoms with E-state index in [-0.39, 0.29) is 18.0 Å². The molecule has 0 spiro atoms. The average molecular weight is 417 g/mol. The Morgan fingerprint density at radius 1 is 0.710 bits per heavy atom. The molecule has 31 heavy (non-hydrogen) atoms. The summed E-state index contributed by atoms with van der Waals surface area (Å²) >= 11 is 0. The molecule has 0 fully saturated rings. The van der Waals surface area contributed by atoms with E-state index in [9.17, 15) is 9.59 Å². The van der Waals surface area contributed by atoms with Crippen LogP contribution in [0.15, 0.2) is 78.9 Å². The number of hydrogen-bond acceptors (Lipinski definition) is 4. The third kappa shape index (κ3) is 8.09. The van der Waals surface area contributed by atoms with E-state index in [1.54, 1.807) is 0 Å². The fourth-order valence-electron chi connectivity index (χ4n) is 3.28. The highest BCUT2D eigenvalue weighted by molar-refractivity contribution is 5.97. The number of carbonyl (C=O) groups excluding carboxylic acids is 2. The highest BCUT2D eigenvalue weighted by Gasteiger charge is 2.08. The van der Waals surface area contributed by atoms with Crippen LogP contribution in [0.25, 0.3) is 0 Å². The smallest absolute Gasteiger partial charge is 0.140 e. The van der Waals surface area contributed by atoms with E-state index >= 15 is 0 Å². The first-order valence-electron chi connectivity index (χ1n) is 10.6. The minimum absolute atomic E-state index is 0.00969. The predicted molar refractivity (Wildman–Crippen MR) is 121 cm³/mol. The third-order valence-corrected chi connectivity index (χ3v) is 4.80. The van der Waals surface area contributed by atoms with Gasteiger partial charge in [-0.25, -0.2) is 0 Å². The van der Waals surface area contributed by atoms with Gasteiger partial charge in [0.1, 0.15) is 36.3 Å². The number of ketones is 2. The van der Waals surface area contributed by atoms with Gasteiger partial charge in [-0.2, -0.15) is 0 Å². The molecule has 0 radical (unpaired) electrons. The molecule has 0 saturated heterocycles. The van der Waals surface area contributed by atoms with Gasteiger partial charge in [0.25, 0.3) is 0 Å². The molecular weight excluding hydrogens is 388 g/mol. The zero-order valence-corrected chi connectivity index (χ0v) is 17.9. The fraction of sp³-hybridized carbons (Fsp3) is 0.259. The fourth-order valence-corrected chi connectivity index (χ4v) is 3.28. The molecule has 0 aliphatic carbocycles. The van der Waals surface area contributed by atoms with Crippen LogP contribution in [-0.2, 0) is 29.2 Å². The first kappa shape index (κ1) is 22.3. The Hall–Kier alpha value is -3.40. The van der Waals surface area contributed by atoms with Crippen molar-refractivity contribution in [1.29, 1.82) is 0 Å². The molecule has 4 heteroatoms. The van der Waals surface area contributed by atoms with Crippen LogP contribution in [0, 0.1) is 0 Å². The van der Waals surface area contributed by atoms with E-state index in [1.165, 1.54) is 6.92 Å². The highest BCUT2D eigenvalue weighted by Crippen LogP contribution is 2.26. The molecule has 3 aromatic rings. The normalized spacial score (nSPS) is 10.5. The monoisotopic (exact) mass is 416 g/mol. The summed E-state index contributed by atoms with van der Waals surface area (Å²) in [5.74, 6) is 1.38. The Morgan fingerprint density at radius 3 is 1.71 bits per heavy atom. The largest absolute Gasteiger partial charge is 0.489 e. The first-order chi connectivity index (χ1) is 15.1. The summed E-state index contributed by atoms with van der Waals surface area (Å²) in [7, 11) is 0. The SMILES string of the molecule is CC(=O)CC(=O)CCCc1cc(OCc2ccccc2)cc(OCc2ccccc2)c1. The van der Waals surface area contributed by atoms with Gasteiger partial charge in [-0.05, 0) is 48.6 Å². The maximum absolute atomic E-state index is 11.8. The van der Waals surface area contributed by atoms with Gasteiger partial charge in [0.2, 0.25) is 0 Å². The summed E-state index contributed by atoms with van der Waals surface area (Å²) in [5, 5.41) is 0. The molecule has 0 N–H and O–H groups in total. The second-order valence-electron chi connectivity index (χ2n) is 7.63. The van der Waals surface area contributed by atoms with Gasteiger partial charge in [-0.1, -0.05) is 60.7 Å². The summed E-state index contributed by atoms with van der Waals surface area (Å²) in [4.78, 5) is 22.9. The molecule has 4 nitrogen and oxygen atoms in total. The van der Waals surface area contributed by atoms with Gasteiger partial charge in [0.05, 0.1) is 6.42 Å². The molecule has 0 aromatic heterocycles. The van der Waals surface area contributed by atoms with Gasteiger partial charge in [-0.3, -0.25) is 9.59 Å². The Labute approximate surface area is 183 Å². The zero-order chi connectivity index (χ0) is 21.9. The molecular formula is C27H28O4. The maximum atomic E-state index is 11.8. The zero-order valence-electron chi connectivity index (χ0n) is 17.9. The number of Topliss-reactive ketones (excluding diaryl/α,β-unsaturated/α-hetero) is 2. The highest BCUT2D eigenvalue weighted by atomic mass is 16.5. The Kier molecular flexibility index (Phi) is 8.41. The van der Waals surface area contributed by atoms with Gasteiger partial charge >= 0.3 is 0 Å². The minimum Gasteiger partial charge on any atom is -0.489 e. The van der Waals surface area contributed by atoms with Crippen molar-refractivity contribution in [2.75, 3.05) is 0 Å². The molecule has 3 rings (SSSR count). The number of rotatable bonds is 12. The van der Waals surface area contributed by atoms with Crippen molar-refractivity contribution >= 4 is 11.6 Å². The molecule has 0 saturated carbocycles. The van der Waals surface area contributed by atoms with Gasteiger partial charge in [-0.15, -0.1) is 0 Å². The van der Waals surface area contributed by atoms with E-state index < -0.39 is 0 Å². The molecule has 0 aliphatic heterocycles. The second-order valence-corrected chi connectivity index (χ2v) is 7.63. The molecule has 0 heterocycles. The Morgan fingerprint density at radius 2 is 1.23 bits per heavy atom. The topological polar surface area (TPSA) is 52.6 Å². The van der Waals surface area contributed by atoms with Crippen LogP contribution >= 0.6 is 0 Å². The molecule has 0 unspecified atom stereocenters. The van der Waals surface area contributed by atoms with Crippen molar-refractivity contribution in [1.82, 2.24) is 0 Å². The van der Waals surface area contributed by atoms with Crippen molar-refractivity contribution in [3.8, 4) is 11.5 Å². The molecule has 0 aliphatic rings. The lowest BCUT2D eigenvalue weighted by molar-refractivity contribution is -0.125. The van der Waals surface area contributed by atoms with Crippen LogP contribution in [0.3, 0.4) is 0 Å². The van der Waals surface area contributed by atoms with Gasteiger partial charge in [0.15, 0.2) is 0 Å². The van der Waals surface area contributed by atoms with Crippen molar-refractivity contribution in [2.24, 2.45) is 0 Å². The summed E-state index contributed by atoms with van der Waals surface area (Å²) in [5.41, 5.74) is 3.23. The van der Waals surface area contributed by atoms with E-state index in [0.717, 1.165) is 28.2 Å². The van der Waals surface area contributed by atoms with Crippen LogP contribution < -0.4 is 9.47 Å². The predicted octanol–water partition coefficient (Wildman–Crippen LogP) is 5.72. The van der Waals surface area contributed by atoms with Crippen LogP contribution in [0.1, 0.15) is 42.9 Å². The van der Waals surface area contributed by atoms with Crippen LogP contribution in [0.4, 0.5) is 0 Å². The van der Waals surface area contributed by atoms with Crippen LogP contribution in [0.5, 0.6) is 11.5 Å². The molecule has 0 amide bonds. The van der Waals surface area contributed by atoms with Crippen LogP contribution in [-0.4, -0.2) is 11.6 Å². The minimum atomic E-state index is -0.0853. The second kappa shape index (κ2) is 11.7. The Balaban J connectivity index is 1.66. The number of aryl methyl sites for hydroxylation is 1. The molecule has 3 aromatic carbocycles. The van der Waals surface area contributed by atoms with E-state index in [4.69, 9.17) is 9.47 Å². The molecule has 0 bridgehead atoms. The average Bonchev–Trinajstić information content (AvgIpc) is 2.77. The number of hydrogen-bond donors (Lipinski definition) is 0. The van der Waals surface area contributed by atoms with Crippen LogP contribution in [0.2, 0.25) is 0 Å². The number of ether oxygens (including phenoxy) is 2. The lowest BCUT2D eigenvalue weighted by Gasteiger charge is -2.13. The molecule has 160 valence electrons. The van der Waals surface area contributed by atoms with Crippen molar-refractivity contribution in [2.45, 2.75) is 45.8 Å². The van der Waals surface area contributed by atoms with E-state index in [1.807, 2.05) is 78.9 Å².